The number of fused-ring (bicyclic) bond motifs is 1. The maximum absolute atomic E-state index is 11.3. The Bertz CT molecular complexity index is 598. The molecule has 0 bridgehead atoms. The second-order valence-electron chi connectivity index (χ2n) is 5.39. The molecule has 2 aliphatic rings. The van der Waals surface area contributed by atoms with Crippen molar-refractivity contribution in [1.82, 2.24) is 5.32 Å². The minimum Gasteiger partial charge on any atom is -0.480 e. The second-order valence-corrected chi connectivity index (χ2v) is 6.30. The van der Waals surface area contributed by atoms with Gasteiger partial charge in [0.05, 0.1) is 0 Å². The first kappa shape index (κ1) is 13.5. The van der Waals surface area contributed by atoms with Crippen molar-refractivity contribution >= 4 is 27.6 Å². The van der Waals surface area contributed by atoms with E-state index in [1.165, 1.54) is 11.1 Å². The predicted octanol–water partition coefficient (Wildman–Crippen LogP) is 2.88. The number of hydrogen-bond acceptors (Lipinski definition) is 3. The van der Waals surface area contributed by atoms with Crippen LogP contribution >= 0.6 is 15.9 Å². The van der Waals surface area contributed by atoms with Gasteiger partial charge in [0.1, 0.15) is 11.9 Å². The number of carbonyl (C=O) groups is 1. The summed E-state index contributed by atoms with van der Waals surface area (Å²) in [6.45, 7) is 0. The van der Waals surface area contributed by atoms with Crippen LogP contribution in [0.1, 0.15) is 24.8 Å². The summed E-state index contributed by atoms with van der Waals surface area (Å²) in [6, 6.07) is 5.79. The highest BCUT2D eigenvalue weighted by Crippen LogP contribution is 2.36. The van der Waals surface area contributed by atoms with Gasteiger partial charge in [-0.2, -0.15) is 0 Å². The number of carboxylic acids is 1. The molecule has 3 rings (SSSR count). The molecule has 0 radical (unpaired) electrons. The number of aliphatic carboxylic acids is 1. The SMILES string of the molecule is CN1C2=C(CCCC(C(=O)O)N2)Cc2ccc(Br)cc21. The molecule has 20 heavy (non-hydrogen) atoms. The third-order valence-electron chi connectivity index (χ3n) is 4.06. The number of rotatable bonds is 1. The fourth-order valence-corrected chi connectivity index (χ4v) is 3.37. The van der Waals surface area contributed by atoms with Gasteiger partial charge >= 0.3 is 5.97 Å². The van der Waals surface area contributed by atoms with Crippen molar-refractivity contribution in [3.63, 3.8) is 0 Å². The fraction of sp³-hybridized carbons (Fsp3) is 0.400. The molecular formula is C15H17BrN2O2. The van der Waals surface area contributed by atoms with Gasteiger partial charge < -0.3 is 15.3 Å². The Morgan fingerprint density at radius 1 is 1.50 bits per heavy atom. The van der Waals surface area contributed by atoms with E-state index >= 15 is 0 Å². The summed E-state index contributed by atoms with van der Waals surface area (Å²) in [7, 11) is 2.00. The molecular weight excluding hydrogens is 320 g/mol. The Morgan fingerprint density at radius 2 is 2.30 bits per heavy atom. The maximum atomic E-state index is 11.3. The maximum Gasteiger partial charge on any atom is 0.326 e. The Labute approximate surface area is 126 Å². The highest BCUT2D eigenvalue weighted by molar-refractivity contribution is 9.10. The second kappa shape index (κ2) is 5.13. The monoisotopic (exact) mass is 336 g/mol. The summed E-state index contributed by atoms with van der Waals surface area (Å²) in [6.07, 6.45) is 3.46. The first-order valence-corrected chi connectivity index (χ1v) is 7.59. The summed E-state index contributed by atoms with van der Waals surface area (Å²) in [5.41, 5.74) is 3.74. The van der Waals surface area contributed by atoms with Crippen molar-refractivity contribution in [1.29, 1.82) is 0 Å². The van der Waals surface area contributed by atoms with Gasteiger partial charge in [0.15, 0.2) is 0 Å². The van der Waals surface area contributed by atoms with Crippen LogP contribution in [-0.2, 0) is 11.2 Å². The number of nitrogens with zero attached hydrogens (tertiary/aromatic N) is 1. The molecule has 0 saturated carbocycles. The molecule has 0 amide bonds. The lowest BCUT2D eigenvalue weighted by Gasteiger charge is -2.33. The van der Waals surface area contributed by atoms with Crippen molar-refractivity contribution < 1.29 is 9.90 Å². The van der Waals surface area contributed by atoms with Crippen LogP contribution in [-0.4, -0.2) is 24.2 Å². The number of anilines is 1. The quantitative estimate of drug-likeness (QED) is 0.827. The van der Waals surface area contributed by atoms with E-state index < -0.39 is 12.0 Å². The summed E-state index contributed by atoms with van der Waals surface area (Å²) >= 11 is 3.50. The van der Waals surface area contributed by atoms with Crippen molar-refractivity contribution in [2.45, 2.75) is 31.7 Å². The topological polar surface area (TPSA) is 52.6 Å². The molecule has 0 saturated heterocycles. The average molecular weight is 337 g/mol. The van der Waals surface area contributed by atoms with Gasteiger partial charge in [0.2, 0.25) is 0 Å². The Kier molecular flexibility index (Phi) is 3.46. The van der Waals surface area contributed by atoms with Gasteiger partial charge in [-0.05, 0) is 49.0 Å². The number of benzene rings is 1. The number of halogens is 1. The summed E-state index contributed by atoms with van der Waals surface area (Å²) in [4.78, 5) is 13.4. The minimum atomic E-state index is -0.771. The molecule has 106 valence electrons. The average Bonchev–Trinajstić information content (AvgIpc) is 2.62. The zero-order chi connectivity index (χ0) is 14.3. The standard InChI is InChI=1S/C15H17BrN2O2/c1-18-13-8-11(16)6-5-9(13)7-10-3-2-4-12(15(19)20)17-14(10)18/h5-6,8,12,17H,2-4,7H2,1H3,(H,19,20). The van der Waals surface area contributed by atoms with Crippen LogP contribution < -0.4 is 10.2 Å². The van der Waals surface area contributed by atoms with Gasteiger partial charge in [0, 0.05) is 17.2 Å². The van der Waals surface area contributed by atoms with Crippen LogP contribution in [0.15, 0.2) is 34.1 Å². The Hall–Kier alpha value is -1.49. The molecule has 0 aliphatic carbocycles. The van der Waals surface area contributed by atoms with Crippen molar-refractivity contribution in [2.75, 3.05) is 11.9 Å². The van der Waals surface area contributed by atoms with E-state index in [0.29, 0.717) is 6.42 Å². The van der Waals surface area contributed by atoms with Gasteiger partial charge in [-0.25, -0.2) is 4.79 Å². The van der Waals surface area contributed by atoms with E-state index in [9.17, 15) is 9.90 Å². The summed E-state index contributed by atoms with van der Waals surface area (Å²) < 4.78 is 1.04. The first-order chi connectivity index (χ1) is 9.56. The fourth-order valence-electron chi connectivity index (χ4n) is 3.02. The molecule has 0 spiro atoms. The normalized spacial score (nSPS) is 21.7. The molecule has 0 fully saturated rings. The predicted molar refractivity (Wildman–Crippen MR) is 81.7 cm³/mol. The van der Waals surface area contributed by atoms with Gasteiger partial charge in [0.25, 0.3) is 0 Å². The molecule has 1 aromatic rings. The molecule has 2 N–H and O–H groups in total. The number of hydrogen-bond donors (Lipinski definition) is 2. The zero-order valence-electron chi connectivity index (χ0n) is 11.3. The van der Waals surface area contributed by atoms with E-state index in [-0.39, 0.29) is 0 Å². The first-order valence-electron chi connectivity index (χ1n) is 6.80. The van der Waals surface area contributed by atoms with Crippen LogP contribution in [0.4, 0.5) is 5.69 Å². The van der Waals surface area contributed by atoms with E-state index in [1.807, 2.05) is 7.05 Å². The van der Waals surface area contributed by atoms with Crippen LogP contribution in [0.2, 0.25) is 0 Å². The van der Waals surface area contributed by atoms with E-state index in [2.05, 4.69) is 44.3 Å². The summed E-state index contributed by atoms with van der Waals surface area (Å²) in [5, 5.41) is 12.5. The Morgan fingerprint density at radius 3 is 3.05 bits per heavy atom. The molecule has 5 heteroatoms. The number of carboxylic acid groups (broad SMARTS) is 1. The van der Waals surface area contributed by atoms with Crippen molar-refractivity contribution in [3.05, 3.63) is 39.6 Å². The van der Waals surface area contributed by atoms with Crippen molar-refractivity contribution in [3.8, 4) is 0 Å². The van der Waals surface area contributed by atoms with Crippen LogP contribution in [0.5, 0.6) is 0 Å². The van der Waals surface area contributed by atoms with Crippen molar-refractivity contribution in [2.24, 2.45) is 0 Å². The van der Waals surface area contributed by atoms with E-state index in [1.54, 1.807) is 0 Å². The lowest BCUT2D eigenvalue weighted by Crippen LogP contribution is -2.42. The highest BCUT2D eigenvalue weighted by Gasteiger charge is 2.29. The smallest absolute Gasteiger partial charge is 0.326 e. The largest absolute Gasteiger partial charge is 0.480 e. The molecule has 2 heterocycles. The number of allylic oxidation sites excluding steroid dienone is 1. The van der Waals surface area contributed by atoms with Gasteiger partial charge in [-0.1, -0.05) is 22.0 Å². The molecule has 1 atom stereocenters. The Balaban J connectivity index is 1.98. The lowest BCUT2D eigenvalue weighted by atomic mass is 9.95. The van der Waals surface area contributed by atoms with Gasteiger partial charge in [-0.3, -0.25) is 0 Å². The highest BCUT2D eigenvalue weighted by atomic mass is 79.9. The van der Waals surface area contributed by atoms with Crippen LogP contribution in [0.3, 0.4) is 0 Å². The lowest BCUT2D eigenvalue weighted by molar-refractivity contribution is -0.139. The number of nitrogens with one attached hydrogen (secondary N) is 1. The van der Waals surface area contributed by atoms with Gasteiger partial charge in [-0.15, -0.1) is 0 Å². The third kappa shape index (κ3) is 2.30. The zero-order valence-corrected chi connectivity index (χ0v) is 12.9. The van der Waals surface area contributed by atoms with E-state index in [0.717, 1.165) is 35.2 Å². The van der Waals surface area contributed by atoms with E-state index in [4.69, 9.17) is 0 Å². The summed E-state index contributed by atoms with van der Waals surface area (Å²) in [5.74, 6) is 0.202. The molecule has 2 aliphatic heterocycles. The third-order valence-corrected chi connectivity index (χ3v) is 4.56. The molecule has 1 unspecified atom stereocenters. The molecule has 1 aromatic carbocycles. The molecule has 4 nitrogen and oxygen atoms in total. The van der Waals surface area contributed by atoms with Crippen LogP contribution in [0, 0.1) is 0 Å². The minimum absolute atomic E-state index is 0.487. The molecule has 0 aromatic heterocycles. The van der Waals surface area contributed by atoms with Crippen LogP contribution in [0.25, 0.3) is 0 Å².